The Labute approximate surface area is 288 Å². The summed E-state index contributed by atoms with van der Waals surface area (Å²) in [7, 11) is -2.66. The van der Waals surface area contributed by atoms with E-state index in [0.29, 0.717) is 6.61 Å². The number of anilines is 1. The zero-order valence-electron chi connectivity index (χ0n) is 28.4. The van der Waals surface area contributed by atoms with Crippen LogP contribution in [0.25, 0.3) is 11.2 Å². The SMILES string of the molecule is C#C[C@]1(CO[P+](=O)N[C@@H](Cc2ccccc2)C(=O)OCC(CCCCCC)CCCCCC)O[C@@H](n2cnc3c(N)nc(F)nc32)C[C@@H]1O. The molecule has 4 N–H and O–H groups in total. The smallest absolute Gasteiger partial charge is 0.464 e. The Bertz CT molecular complexity index is 1540. The first kappa shape index (κ1) is 38.3. The van der Waals surface area contributed by atoms with Crippen molar-refractivity contribution in [1.82, 2.24) is 24.6 Å². The molecule has 3 heterocycles. The number of aliphatic hydroxyl groups excluding tert-OH is 1. The highest BCUT2D eigenvalue weighted by Gasteiger charge is 2.50. The lowest BCUT2D eigenvalue weighted by Gasteiger charge is -2.24. The van der Waals surface area contributed by atoms with Crippen molar-refractivity contribution in [2.45, 2.75) is 115 Å². The summed E-state index contributed by atoms with van der Waals surface area (Å²) < 4.78 is 46.1. The molecule has 49 heavy (non-hydrogen) atoms. The van der Waals surface area contributed by atoms with Gasteiger partial charge in [-0.3, -0.25) is 9.36 Å². The Morgan fingerprint density at radius 3 is 2.53 bits per heavy atom. The van der Waals surface area contributed by atoms with Gasteiger partial charge in [0.15, 0.2) is 28.6 Å². The van der Waals surface area contributed by atoms with Crippen LogP contribution in [0.5, 0.6) is 0 Å². The topological polar surface area (TPSA) is 164 Å². The van der Waals surface area contributed by atoms with Crippen LogP contribution < -0.4 is 10.8 Å². The number of hydrogen-bond acceptors (Lipinski definition) is 10. The molecule has 1 aliphatic rings. The number of hydrogen-bond donors (Lipinski definition) is 3. The Kier molecular flexibility index (Phi) is 14.9. The Hall–Kier alpha value is -3.53. The molecule has 1 aliphatic heterocycles. The van der Waals surface area contributed by atoms with E-state index < -0.39 is 50.8 Å². The van der Waals surface area contributed by atoms with E-state index in [4.69, 9.17) is 26.2 Å². The predicted octanol–water partition coefficient (Wildman–Crippen LogP) is 6.17. The van der Waals surface area contributed by atoms with E-state index in [-0.39, 0.29) is 35.7 Å². The normalized spacial score (nSPS) is 20.0. The van der Waals surface area contributed by atoms with Gasteiger partial charge in [0.05, 0.1) is 12.9 Å². The van der Waals surface area contributed by atoms with Gasteiger partial charge in [0.1, 0.15) is 18.9 Å². The number of nitrogens with zero attached hydrogens (tertiary/aromatic N) is 4. The van der Waals surface area contributed by atoms with Gasteiger partial charge in [0.25, 0.3) is 0 Å². The third-order valence-corrected chi connectivity index (χ3v) is 9.79. The number of carbonyl (C=O) groups is 1. The third-order valence-electron chi connectivity index (χ3n) is 8.90. The Morgan fingerprint density at radius 1 is 1.18 bits per heavy atom. The number of benzene rings is 1. The largest absolute Gasteiger partial charge is 0.614 e. The molecule has 1 unspecified atom stereocenters. The van der Waals surface area contributed by atoms with Crippen LogP contribution in [0.3, 0.4) is 0 Å². The van der Waals surface area contributed by atoms with Gasteiger partial charge in [-0.25, -0.2) is 4.98 Å². The molecule has 0 aliphatic carbocycles. The van der Waals surface area contributed by atoms with E-state index in [1.807, 2.05) is 30.3 Å². The second kappa shape index (κ2) is 19.0. The maximum absolute atomic E-state index is 13.9. The molecule has 0 saturated carbocycles. The maximum Gasteiger partial charge on any atom is 0.614 e. The van der Waals surface area contributed by atoms with Crippen molar-refractivity contribution in [3.05, 3.63) is 48.3 Å². The number of imidazole rings is 1. The van der Waals surface area contributed by atoms with Crippen LogP contribution in [0.4, 0.5) is 10.2 Å². The molecule has 14 heteroatoms. The zero-order chi connectivity index (χ0) is 35.2. The lowest BCUT2D eigenvalue weighted by atomic mass is 9.95. The predicted molar refractivity (Wildman–Crippen MR) is 185 cm³/mol. The highest BCUT2D eigenvalue weighted by Crippen LogP contribution is 2.39. The van der Waals surface area contributed by atoms with Crippen molar-refractivity contribution in [3.63, 3.8) is 0 Å². The second-order valence-corrected chi connectivity index (χ2v) is 13.7. The van der Waals surface area contributed by atoms with Gasteiger partial charge in [0, 0.05) is 12.8 Å². The first-order valence-electron chi connectivity index (χ1n) is 17.3. The number of ether oxygens (including phenoxy) is 2. The highest BCUT2D eigenvalue weighted by atomic mass is 31.1. The average molecular weight is 700 g/mol. The van der Waals surface area contributed by atoms with Crippen LogP contribution in [0, 0.1) is 24.3 Å². The minimum Gasteiger partial charge on any atom is -0.464 e. The summed E-state index contributed by atoms with van der Waals surface area (Å²) >= 11 is 0. The number of aromatic nitrogens is 4. The fourth-order valence-corrected chi connectivity index (χ4v) is 6.86. The molecule has 1 saturated heterocycles. The number of fused-ring (bicyclic) bond motifs is 1. The first-order chi connectivity index (χ1) is 23.7. The van der Waals surface area contributed by atoms with Crippen molar-refractivity contribution in [3.8, 4) is 12.3 Å². The van der Waals surface area contributed by atoms with Crippen LogP contribution in [-0.4, -0.2) is 61.6 Å². The van der Waals surface area contributed by atoms with Crippen molar-refractivity contribution in [2.24, 2.45) is 5.92 Å². The summed E-state index contributed by atoms with van der Waals surface area (Å²) in [6.45, 7) is 4.20. The quantitative estimate of drug-likeness (QED) is 0.0383. The van der Waals surface area contributed by atoms with Gasteiger partial charge in [-0.1, -0.05) is 107 Å². The number of rotatable bonds is 21. The number of aliphatic hydroxyl groups is 1. The number of nitrogen functional groups attached to an aromatic ring is 1. The molecule has 2 aromatic heterocycles. The van der Waals surface area contributed by atoms with Gasteiger partial charge >= 0.3 is 20.2 Å². The standard InChI is InChI=1S/C35H49FN6O6P/c1-4-7-9-12-18-26(19-13-10-8-5-2)22-46-33(44)27(20-25-16-14-11-15-17-25)41-49(45)47-23-35(6-3)28(43)21-29(48-35)42-24-38-30-31(37)39-34(36)40-32(30)42/h3,11,14-17,24,26-29,43H,4-5,7-10,12-13,18-23H2,1-2H3,(H,41,45)(H2,37,39,40)/q+1/t27-,28-,29+,35+/m0/s1. The second-order valence-electron chi connectivity index (χ2n) is 12.7. The minimum absolute atomic E-state index is 0.0181. The van der Waals surface area contributed by atoms with E-state index in [1.165, 1.54) is 23.7 Å². The number of carbonyl (C=O) groups excluding carboxylic acids is 1. The lowest BCUT2D eigenvalue weighted by molar-refractivity contribution is -0.147. The van der Waals surface area contributed by atoms with Crippen LogP contribution in [-0.2, 0) is 29.8 Å². The molecule has 0 spiro atoms. The molecular formula is C35H49FN6O6P+. The van der Waals surface area contributed by atoms with Crippen LogP contribution in [0.15, 0.2) is 36.7 Å². The van der Waals surface area contributed by atoms with Crippen LogP contribution >= 0.6 is 8.18 Å². The van der Waals surface area contributed by atoms with Crippen molar-refractivity contribution < 1.29 is 32.9 Å². The third kappa shape index (κ3) is 10.7. The number of terminal acetylenes is 1. The zero-order valence-corrected chi connectivity index (χ0v) is 29.3. The molecule has 3 aromatic rings. The Morgan fingerprint density at radius 2 is 1.88 bits per heavy atom. The van der Waals surface area contributed by atoms with E-state index in [0.717, 1.165) is 56.9 Å². The number of esters is 1. The minimum atomic E-state index is -2.66. The van der Waals surface area contributed by atoms with Gasteiger partial charge in [-0.15, -0.1) is 10.9 Å². The van der Waals surface area contributed by atoms with E-state index in [9.17, 15) is 18.9 Å². The summed E-state index contributed by atoms with van der Waals surface area (Å²) in [4.78, 5) is 24.9. The average Bonchev–Trinajstić information content (AvgIpc) is 3.67. The summed E-state index contributed by atoms with van der Waals surface area (Å²) in [5, 5.41) is 13.8. The summed E-state index contributed by atoms with van der Waals surface area (Å²) in [5.41, 5.74) is 5.15. The number of nitrogens with one attached hydrogen (secondary N) is 1. The Balaban J connectivity index is 1.39. The van der Waals surface area contributed by atoms with E-state index >= 15 is 0 Å². The van der Waals surface area contributed by atoms with E-state index in [1.54, 1.807) is 0 Å². The van der Waals surface area contributed by atoms with Gasteiger partial charge in [-0.2, -0.15) is 14.4 Å². The van der Waals surface area contributed by atoms with Crippen LogP contribution in [0.1, 0.15) is 96.3 Å². The molecule has 0 bridgehead atoms. The summed E-state index contributed by atoms with van der Waals surface area (Å²) in [6.07, 6.45) is 15.3. The van der Waals surface area contributed by atoms with Gasteiger partial charge in [-0.05, 0) is 28.9 Å². The van der Waals surface area contributed by atoms with E-state index in [2.05, 4.69) is 39.8 Å². The fraction of sp³-hybridized carbons (Fsp3) is 0.600. The fourth-order valence-electron chi connectivity index (χ4n) is 6.03. The lowest BCUT2D eigenvalue weighted by Crippen LogP contribution is -2.43. The van der Waals surface area contributed by atoms with Crippen molar-refractivity contribution >= 4 is 31.1 Å². The molecule has 5 atom stereocenters. The van der Waals surface area contributed by atoms with Gasteiger partial charge < -0.3 is 20.3 Å². The molecule has 266 valence electrons. The first-order valence-corrected chi connectivity index (χ1v) is 18.4. The highest BCUT2D eigenvalue weighted by molar-refractivity contribution is 7.36. The molecule has 4 rings (SSSR count). The van der Waals surface area contributed by atoms with Crippen molar-refractivity contribution in [1.29, 1.82) is 0 Å². The number of nitrogens with two attached hydrogens (primary N) is 1. The summed E-state index contributed by atoms with van der Waals surface area (Å²) in [6, 6.07) is 8.39. The maximum atomic E-state index is 13.9. The molecule has 1 fully saturated rings. The van der Waals surface area contributed by atoms with Crippen LogP contribution in [0.2, 0.25) is 0 Å². The number of halogens is 1. The molecule has 12 nitrogen and oxygen atoms in total. The monoisotopic (exact) mass is 699 g/mol. The number of unbranched alkanes of at least 4 members (excludes halogenated alkanes) is 6. The molecule has 0 radical (unpaired) electrons. The molecule has 0 amide bonds. The van der Waals surface area contributed by atoms with Gasteiger partial charge in [0.2, 0.25) is 0 Å². The molecule has 1 aromatic carbocycles. The molecular weight excluding hydrogens is 650 g/mol. The summed E-state index contributed by atoms with van der Waals surface area (Å²) in [5.74, 6) is 2.03. The van der Waals surface area contributed by atoms with Crippen molar-refractivity contribution in [2.75, 3.05) is 18.9 Å².